The lowest BCUT2D eigenvalue weighted by Crippen LogP contribution is -2.13. The van der Waals surface area contributed by atoms with Gasteiger partial charge in [0.05, 0.1) is 6.61 Å². The number of thioether (sulfide) groups is 1. The highest BCUT2D eigenvalue weighted by Gasteiger charge is 2.25. The molecule has 0 aliphatic carbocycles. The Hall–Kier alpha value is -1.41. The maximum Gasteiger partial charge on any atom is 0.290 e. The Balaban J connectivity index is 0.000000582. The van der Waals surface area contributed by atoms with E-state index in [0.29, 0.717) is 11.6 Å². The number of anilines is 1. The van der Waals surface area contributed by atoms with Gasteiger partial charge in [-0.2, -0.15) is 0 Å². The van der Waals surface area contributed by atoms with E-state index in [1.54, 1.807) is 11.8 Å². The van der Waals surface area contributed by atoms with Gasteiger partial charge in [0.25, 0.3) is 6.47 Å². The number of hydrogen-bond donors (Lipinski definition) is 2. The van der Waals surface area contributed by atoms with Gasteiger partial charge in [-0.05, 0) is 48.6 Å². The average molecular weight is 484 g/mol. The van der Waals surface area contributed by atoms with E-state index in [4.69, 9.17) is 26.9 Å². The standard InChI is InChI=1S/C17H16BrNOS2.C3H8.CH2O2/c1-10-12(4-3-5-15(10)22-2)17-13-8-11(18)6-7-14(13)19-16(21)9-20-17;1-3-2;2-1-3/h3-8,17H,9H2,1-2H3,(H,19,21);3H2,1-2H3;1H,(H,2,3)/t17-;;/m1../s1. The lowest BCUT2D eigenvalue weighted by atomic mass is 9.96. The lowest BCUT2D eigenvalue weighted by Gasteiger charge is -2.21. The maximum atomic E-state index is 8.36. The van der Waals surface area contributed by atoms with Crippen LogP contribution in [-0.4, -0.2) is 29.4 Å². The third-order valence-electron chi connectivity index (χ3n) is 3.78. The minimum absolute atomic E-state index is 0.118. The molecule has 1 atom stereocenters. The molecule has 1 heterocycles. The second kappa shape index (κ2) is 12.9. The van der Waals surface area contributed by atoms with Gasteiger partial charge in [-0.1, -0.05) is 60.5 Å². The van der Waals surface area contributed by atoms with E-state index < -0.39 is 0 Å². The quantitative estimate of drug-likeness (QED) is 0.290. The van der Waals surface area contributed by atoms with Gasteiger partial charge in [0.15, 0.2) is 0 Å². The predicted molar refractivity (Wildman–Crippen MR) is 126 cm³/mol. The summed E-state index contributed by atoms with van der Waals surface area (Å²) in [7, 11) is 0. The van der Waals surface area contributed by atoms with Gasteiger partial charge >= 0.3 is 0 Å². The third kappa shape index (κ3) is 6.88. The molecule has 0 radical (unpaired) electrons. The number of carboxylic acid groups (broad SMARTS) is 1. The molecule has 0 aromatic heterocycles. The molecule has 0 saturated heterocycles. The summed E-state index contributed by atoms with van der Waals surface area (Å²) < 4.78 is 7.16. The summed E-state index contributed by atoms with van der Waals surface area (Å²) in [6.07, 6.45) is 3.23. The van der Waals surface area contributed by atoms with Crippen LogP contribution in [0.3, 0.4) is 0 Å². The van der Waals surface area contributed by atoms with Crippen LogP contribution >= 0.6 is 39.9 Å². The van der Waals surface area contributed by atoms with Crippen LogP contribution in [0.1, 0.15) is 43.1 Å². The number of rotatable bonds is 2. The van der Waals surface area contributed by atoms with Gasteiger partial charge in [-0.25, -0.2) is 0 Å². The van der Waals surface area contributed by atoms with E-state index in [0.717, 1.165) is 15.7 Å². The van der Waals surface area contributed by atoms with Crippen LogP contribution in [0, 0.1) is 6.92 Å². The Morgan fingerprint density at radius 1 is 1.32 bits per heavy atom. The van der Waals surface area contributed by atoms with Crippen LogP contribution < -0.4 is 5.32 Å². The van der Waals surface area contributed by atoms with Crippen LogP contribution in [0.25, 0.3) is 0 Å². The summed E-state index contributed by atoms with van der Waals surface area (Å²) in [6, 6.07) is 12.5. The number of ether oxygens (including phenoxy) is 1. The average Bonchev–Trinajstić information content (AvgIpc) is 2.82. The Morgan fingerprint density at radius 3 is 2.57 bits per heavy atom. The van der Waals surface area contributed by atoms with E-state index in [9.17, 15) is 0 Å². The van der Waals surface area contributed by atoms with Crippen LogP contribution in [0.2, 0.25) is 0 Å². The summed E-state index contributed by atoms with van der Waals surface area (Å²) in [4.78, 5) is 10.3. The fraction of sp³-hybridized carbons (Fsp3) is 0.333. The van der Waals surface area contributed by atoms with E-state index in [2.05, 4.69) is 72.5 Å². The molecule has 28 heavy (non-hydrogen) atoms. The summed E-state index contributed by atoms with van der Waals surface area (Å²) in [6.45, 7) is 6.58. The van der Waals surface area contributed by atoms with Crippen LogP contribution in [0.4, 0.5) is 5.69 Å². The lowest BCUT2D eigenvalue weighted by molar-refractivity contribution is -0.122. The van der Waals surface area contributed by atoms with Crippen molar-refractivity contribution in [3.8, 4) is 0 Å². The summed E-state index contributed by atoms with van der Waals surface area (Å²) in [5.41, 5.74) is 4.58. The van der Waals surface area contributed by atoms with Crippen molar-refractivity contribution in [3.05, 3.63) is 57.6 Å². The topological polar surface area (TPSA) is 58.6 Å². The highest BCUT2D eigenvalue weighted by Crippen LogP contribution is 2.38. The van der Waals surface area contributed by atoms with Gasteiger partial charge in [-0.3, -0.25) is 4.79 Å². The molecule has 0 amide bonds. The Morgan fingerprint density at radius 2 is 1.96 bits per heavy atom. The molecule has 0 unspecified atom stereocenters. The predicted octanol–water partition coefficient (Wildman–Crippen LogP) is 6.46. The number of halogens is 1. The third-order valence-corrected chi connectivity index (χ3v) is 5.37. The molecule has 0 saturated carbocycles. The largest absolute Gasteiger partial charge is 0.483 e. The van der Waals surface area contributed by atoms with E-state index >= 15 is 0 Å². The summed E-state index contributed by atoms with van der Waals surface area (Å²) in [5.74, 6) is 0. The van der Waals surface area contributed by atoms with Crippen molar-refractivity contribution in [1.29, 1.82) is 0 Å². The molecule has 0 fully saturated rings. The smallest absolute Gasteiger partial charge is 0.290 e. The van der Waals surface area contributed by atoms with Crippen molar-refractivity contribution in [3.63, 3.8) is 0 Å². The first-order valence-corrected chi connectivity index (χ1v) is 11.3. The minimum atomic E-state index is -0.250. The zero-order valence-corrected chi connectivity index (χ0v) is 19.7. The molecular weight excluding hydrogens is 458 g/mol. The van der Waals surface area contributed by atoms with Crippen LogP contribution in [-0.2, 0) is 9.53 Å². The second-order valence-corrected chi connectivity index (χ2v) is 8.21. The molecule has 3 rings (SSSR count). The summed E-state index contributed by atoms with van der Waals surface area (Å²) >= 11 is 10.6. The monoisotopic (exact) mass is 483 g/mol. The molecule has 152 valence electrons. The first-order valence-electron chi connectivity index (χ1n) is 8.85. The van der Waals surface area contributed by atoms with Gasteiger partial charge in [-0.15, -0.1) is 11.8 Å². The Kier molecular flexibility index (Phi) is 11.4. The van der Waals surface area contributed by atoms with Crippen molar-refractivity contribution in [2.45, 2.75) is 38.2 Å². The SMILES string of the molecule is CCC.CSc1cccc([C@H]2OCC(=S)Nc3ccc(Br)cc32)c1C.O=CO. The first-order chi connectivity index (χ1) is 13.4. The minimum Gasteiger partial charge on any atom is -0.483 e. The van der Waals surface area contributed by atoms with Crippen molar-refractivity contribution < 1.29 is 14.6 Å². The number of nitrogens with one attached hydrogen (secondary N) is 1. The molecular formula is C21H26BrNO3S2. The van der Waals surface area contributed by atoms with Gasteiger partial charge < -0.3 is 15.2 Å². The fourth-order valence-electron chi connectivity index (χ4n) is 2.69. The van der Waals surface area contributed by atoms with E-state index in [1.165, 1.54) is 22.4 Å². The zero-order chi connectivity index (χ0) is 21.1. The molecule has 2 aromatic carbocycles. The highest BCUT2D eigenvalue weighted by atomic mass is 79.9. The van der Waals surface area contributed by atoms with Crippen molar-refractivity contribution >= 4 is 57.1 Å². The summed E-state index contributed by atoms with van der Waals surface area (Å²) in [5, 5.41) is 10.2. The molecule has 2 N–H and O–H groups in total. The van der Waals surface area contributed by atoms with Gasteiger partial charge in [0.1, 0.15) is 11.1 Å². The fourth-order valence-corrected chi connectivity index (χ4v) is 3.89. The number of benzene rings is 2. The number of fused-ring (bicyclic) bond motifs is 1. The molecule has 0 spiro atoms. The van der Waals surface area contributed by atoms with Crippen molar-refractivity contribution in [2.75, 3.05) is 18.2 Å². The number of hydrogen-bond acceptors (Lipinski definition) is 4. The van der Waals surface area contributed by atoms with Crippen LogP contribution in [0.5, 0.6) is 0 Å². The molecule has 7 heteroatoms. The second-order valence-electron chi connectivity index (χ2n) is 5.96. The molecule has 0 bridgehead atoms. The number of carbonyl (C=O) groups is 1. The molecule has 1 aliphatic rings. The molecule has 4 nitrogen and oxygen atoms in total. The zero-order valence-electron chi connectivity index (χ0n) is 16.5. The van der Waals surface area contributed by atoms with E-state index in [-0.39, 0.29) is 12.6 Å². The van der Waals surface area contributed by atoms with Gasteiger partial charge in [0, 0.05) is 20.6 Å². The normalized spacial score (nSPS) is 14.9. The Labute approximate surface area is 185 Å². The first kappa shape index (κ1) is 24.6. The van der Waals surface area contributed by atoms with Crippen LogP contribution in [0.15, 0.2) is 45.8 Å². The van der Waals surface area contributed by atoms with E-state index in [1.807, 2.05) is 12.1 Å². The maximum absolute atomic E-state index is 8.36. The number of thiocarbonyl (C=S) groups is 1. The van der Waals surface area contributed by atoms with Crippen molar-refractivity contribution in [1.82, 2.24) is 0 Å². The van der Waals surface area contributed by atoms with Crippen molar-refractivity contribution in [2.24, 2.45) is 0 Å². The molecule has 1 aliphatic heterocycles. The van der Waals surface area contributed by atoms with Gasteiger partial charge in [0.2, 0.25) is 0 Å². The Bertz CT molecular complexity index is 799. The molecule has 2 aromatic rings. The highest BCUT2D eigenvalue weighted by molar-refractivity contribution is 9.10.